The molecule has 2 aliphatic rings. The van der Waals surface area contributed by atoms with Gasteiger partial charge in [0.15, 0.2) is 0 Å². The second kappa shape index (κ2) is 6.87. The zero-order valence-corrected chi connectivity index (χ0v) is 12.0. The zero-order chi connectivity index (χ0) is 12.8. The normalized spacial score (nSPS) is 25.9. The quantitative estimate of drug-likeness (QED) is 0.694. The maximum atomic E-state index is 11.8. The molecule has 4 nitrogen and oxygen atoms in total. The third kappa shape index (κ3) is 4.86. The predicted octanol–water partition coefficient (Wildman–Crippen LogP) is 1.63. The molecule has 0 aromatic rings. The molecule has 1 heterocycles. The van der Waals surface area contributed by atoms with Crippen molar-refractivity contribution in [1.29, 1.82) is 0 Å². The van der Waals surface area contributed by atoms with E-state index in [2.05, 4.69) is 10.0 Å². The SMILES string of the molecule is O=S(=O)(CC1CCCN1)NCCCC1CCCC1. The highest BCUT2D eigenvalue weighted by atomic mass is 32.2. The highest BCUT2D eigenvalue weighted by Gasteiger charge is 2.21. The van der Waals surface area contributed by atoms with Gasteiger partial charge < -0.3 is 5.32 Å². The summed E-state index contributed by atoms with van der Waals surface area (Å²) in [6.07, 6.45) is 9.68. The van der Waals surface area contributed by atoms with Gasteiger partial charge in [0.05, 0.1) is 5.75 Å². The van der Waals surface area contributed by atoms with Crippen molar-refractivity contribution in [2.45, 2.75) is 57.4 Å². The monoisotopic (exact) mass is 274 g/mol. The fourth-order valence-electron chi connectivity index (χ4n) is 3.14. The van der Waals surface area contributed by atoms with Crippen molar-refractivity contribution in [2.24, 2.45) is 5.92 Å². The van der Waals surface area contributed by atoms with Gasteiger partial charge in [-0.25, -0.2) is 13.1 Å². The molecular formula is C13H26N2O2S. The predicted molar refractivity (Wildman–Crippen MR) is 74.0 cm³/mol. The Labute approximate surface area is 111 Å². The molecule has 0 amide bonds. The van der Waals surface area contributed by atoms with Crippen LogP contribution in [0.5, 0.6) is 0 Å². The van der Waals surface area contributed by atoms with Crippen LogP contribution in [0.3, 0.4) is 0 Å². The van der Waals surface area contributed by atoms with Crippen LogP contribution in [0.1, 0.15) is 51.4 Å². The number of hydrogen-bond donors (Lipinski definition) is 2. The molecule has 0 radical (unpaired) electrons. The zero-order valence-electron chi connectivity index (χ0n) is 11.2. The third-order valence-electron chi connectivity index (χ3n) is 4.17. The molecule has 1 aliphatic heterocycles. The Hall–Kier alpha value is -0.130. The van der Waals surface area contributed by atoms with Crippen LogP contribution in [0.4, 0.5) is 0 Å². The van der Waals surface area contributed by atoms with Gasteiger partial charge in [-0.15, -0.1) is 0 Å². The minimum absolute atomic E-state index is 0.164. The maximum absolute atomic E-state index is 11.8. The largest absolute Gasteiger partial charge is 0.313 e. The molecule has 2 N–H and O–H groups in total. The lowest BCUT2D eigenvalue weighted by Gasteiger charge is -2.12. The first-order chi connectivity index (χ1) is 8.66. The fraction of sp³-hybridized carbons (Fsp3) is 1.00. The second-order valence-corrected chi connectivity index (χ2v) is 7.61. The van der Waals surface area contributed by atoms with E-state index in [4.69, 9.17) is 0 Å². The summed E-state index contributed by atoms with van der Waals surface area (Å²) in [5.74, 6) is 1.10. The average Bonchev–Trinajstić information content (AvgIpc) is 2.96. The average molecular weight is 274 g/mol. The highest BCUT2D eigenvalue weighted by Crippen LogP contribution is 2.28. The molecule has 106 valence electrons. The van der Waals surface area contributed by atoms with Crippen molar-refractivity contribution in [1.82, 2.24) is 10.0 Å². The Morgan fingerprint density at radius 3 is 2.56 bits per heavy atom. The van der Waals surface area contributed by atoms with Crippen molar-refractivity contribution < 1.29 is 8.42 Å². The first-order valence-electron chi connectivity index (χ1n) is 7.36. The minimum Gasteiger partial charge on any atom is -0.313 e. The molecule has 2 fully saturated rings. The first kappa shape index (κ1) is 14.3. The first-order valence-corrected chi connectivity index (χ1v) is 9.02. The van der Waals surface area contributed by atoms with Crippen molar-refractivity contribution in [2.75, 3.05) is 18.8 Å². The van der Waals surface area contributed by atoms with Crippen LogP contribution < -0.4 is 10.0 Å². The standard InChI is InChI=1S/C13H26N2O2S/c16-18(17,11-13-8-4-9-14-13)15-10-3-7-12-5-1-2-6-12/h12-15H,1-11H2. The molecule has 1 atom stereocenters. The number of nitrogens with one attached hydrogen (secondary N) is 2. The molecule has 1 saturated heterocycles. The Bertz CT molecular complexity index is 331. The summed E-state index contributed by atoms with van der Waals surface area (Å²) in [5, 5.41) is 3.23. The summed E-state index contributed by atoms with van der Waals surface area (Å²) in [6, 6.07) is 0.164. The van der Waals surface area contributed by atoms with Crippen LogP contribution in [0.15, 0.2) is 0 Å². The van der Waals surface area contributed by atoms with E-state index >= 15 is 0 Å². The van der Waals surface area contributed by atoms with Gasteiger partial charge in [0.1, 0.15) is 0 Å². The van der Waals surface area contributed by atoms with Crippen LogP contribution in [-0.4, -0.2) is 33.3 Å². The van der Waals surface area contributed by atoms with Gasteiger partial charge >= 0.3 is 0 Å². The van der Waals surface area contributed by atoms with Crippen molar-refractivity contribution in [3.63, 3.8) is 0 Å². The summed E-state index contributed by atoms with van der Waals surface area (Å²) < 4.78 is 26.4. The van der Waals surface area contributed by atoms with Crippen LogP contribution in [-0.2, 0) is 10.0 Å². The van der Waals surface area contributed by atoms with E-state index in [0.717, 1.165) is 31.7 Å². The molecule has 1 unspecified atom stereocenters. The van der Waals surface area contributed by atoms with E-state index in [1.165, 1.54) is 32.1 Å². The third-order valence-corrected chi connectivity index (χ3v) is 5.65. The van der Waals surface area contributed by atoms with Crippen molar-refractivity contribution >= 4 is 10.0 Å². The number of hydrogen-bond acceptors (Lipinski definition) is 3. The lowest BCUT2D eigenvalue weighted by Crippen LogP contribution is -2.37. The molecule has 0 aromatic heterocycles. The van der Waals surface area contributed by atoms with Crippen LogP contribution >= 0.6 is 0 Å². The van der Waals surface area contributed by atoms with Crippen LogP contribution in [0, 0.1) is 5.92 Å². The molecule has 0 aromatic carbocycles. The molecular weight excluding hydrogens is 248 g/mol. The molecule has 5 heteroatoms. The Morgan fingerprint density at radius 1 is 1.11 bits per heavy atom. The van der Waals surface area contributed by atoms with E-state index in [9.17, 15) is 8.42 Å². The van der Waals surface area contributed by atoms with Crippen LogP contribution in [0.25, 0.3) is 0 Å². The second-order valence-electron chi connectivity index (χ2n) is 5.76. The molecule has 2 rings (SSSR count). The Kier molecular flexibility index (Phi) is 5.45. The number of sulfonamides is 1. The molecule has 1 saturated carbocycles. The lowest BCUT2D eigenvalue weighted by molar-refractivity contribution is 0.480. The summed E-state index contributed by atoms with van der Waals surface area (Å²) in [4.78, 5) is 0. The smallest absolute Gasteiger partial charge is 0.213 e. The number of rotatable bonds is 7. The van der Waals surface area contributed by atoms with Crippen molar-refractivity contribution in [3.8, 4) is 0 Å². The van der Waals surface area contributed by atoms with E-state index in [1.807, 2.05) is 0 Å². The van der Waals surface area contributed by atoms with Gasteiger partial charge in [0.2, 0.25) is 10.0 Å². The van der Waals surface area contributed by atoms with Gasteiger partial charge in [-0.05, 0) is 38.1 Å². The molecule has 0 bridgehead atoms. The van der Waals surface area contributed by atoms with Gasteiger partial charge in [0, 0.05) is 12.6 Å². The van der Waals surface area contributed by atoms with Gasteiger partial charge in [-0.1, -0.05) is 25.7 Å². The van der Waals surface area contributed by atoms with E-state index in [-0.39, 0.29) is 11.8 Å². The van der Waals surface area contributed by atoms with Gasteiger partial charge in [-0.2, -0.15) is 0 Å². The van der Waals surface area contributed by atoms with E-state index < -0.39 is 10.0 Å². The lowest BCUT2D eigenvalue weighted by atomic mass is 10.0. The topological polar surface area (TPSA) is 58.2 Å². The summed E-state index contributed by atoms with van der Waals surface area (Å²) in [6.45, 7) is 1.58. The van der Waals surface area contributed by atoms with Gasteiger partial charge in [-0.3, -0.25) is 0 Å². The molecule has 18 heavy (non-hydrogen) atoms. The maximum Gasteiger partial charge on any atom is 0.213 e. The molecule has 1 aliphatic carbocycles. The minimum atomic E-state index is -3.07. The highest BCUT2D eigenvalue weighted by molar-refractivity contribution is 7.89. The molecule has 0 spiro atoms. The van der Waals surface area contributed by atoms with Gasteiger partial charge in [0.25, 0.3) is 0 Å². The summed E-state index contributed by atoms with van der Waals surface area (Å²) >= 11 is 0. The van der Waals surface area contributed by atoms with E-state index in [0.29, 0.717) is 6.54 Å². The fourth-order valence-corrected chi connectivity index (χ4v) is 4.53. The Balaban J connectivity index is 1.59. The Morgan fingerprint density at radius 2 is 1.89 bits per heavy atom. The van der Waals surface area contributed by atoms with E-state index in [1.54, 1.807) is 0 Å². The van der Waals surface area contributed by atoms with Crippen molar-refractivity contribution in [3.05, 3.63) is 0 Å². The summed E-state index contributed by atoms with van der Waals surface area (Å²) in [7, 11) is -3.07. The van der Waals surface area contributed by atoms with Crippen LogP contribution in [0.2, 0.25) is 0 Å². The summed E-state index contributed by atoms with van der Waals surface area (Å²) in [5.41, 5.74) is 0.